The highest BCUT2D eigenvalue weighted by molar-refractivity contribution is 5.90. The molecule has 0 aliphatic carbocycles. The molecule has 0 fully saturated rings. The minimum absolute atomic E-state index is 0.0609. The number of halogens is 2. The fraction of sp³-hybridized carbons (Fsp3) is 0.0667. The second-order valence-electron chi connectivity index (χ2n) is 4.23. The summed E-state index contributed by atoms with van der Waals surface area (Å²) in [5.41, 5.74) is 5.57. The van der Waals surface area contributed by atoms with Crippen molar-refractivity contribution in [1.82, 2.24) is 0 Å². The Morgan fingerprint density at radius 2 is 1.90 bits per heavy atom. The molecule has 6 heteroatoms. The van der Waals surface area contributed by atoms with Gasteiger partial charge in [-0.2, -0.15) is 5.26 Å². The fourth-order valence-electron chi connectivity index (χ4n) is 1.65. The first-order valence-electron chi connectivity index (χ1n) is 5.92. The Morgan fingerprint density at radius 3 is 2.57 bits per heavy atom. The summed E-state index contributed by atoms with van der Waals surface area (Å²) in [6, 6.07) is 9.00. The molecule has 2 aromatic carbocycles. The third-order valence-corrected chi connectivity index (χ3v) is 2.77. The van der Waals surface area contributed by atoms with E-state index in [1.807, 2.05) is 6.07 Å². The normalized spacial score (nSPS) is 9.95. The number of carbonyl (C=O) groups is 1. The van der Waals surface area contributed by atoms with Crippen LogP contribution in [0.3, 0.4) is 0 Å². The Hall–Kier alpha value is -2.94. The van der Waals surface area contributed by atoms with Gasteiger partial charge in [0.15, 0.2) is 0 Å². The van der Waals surface area contributed by atoms with Crippen LogP contribution in [-0.4, -0.2) is 5.97 Å². The van der Waals surface area contributed by atoms with Crippen molar-refractivity contribution in [3.8, 4) is 6.07 Å². The number of hydrogen-bond donors (Lipinski definition) is 1. The minimum Gasteiger partial charge on any atom is -0.457 e. The second-order valence-corrected chi connectivity index (χ2v) is 4.23. The molecular formula is C15H10F2N2O2. The van der Waals surface area contributed by atoms with E-state index in [1.54, 1.807) is 0 Å². The maximum Gasteiger partial charge on any atom is 0.338 e. The summed E-state index contributed by atoms with van der Waals surface area (Å²) in [4.78, 5) is 11.8. The number of nitrogens with zero attached hydrogens (tertiary/aromatic N) is 1. The number of nitriles is 1. The van der Waals surface area contributed by atoms with Crippen LogP contribution in [0.5, 0.6) is 0 Å². The van der Waals surface area contributed by atoms with Gasteiger partial charge in [-0.25, -0.2) is 13.6 Å². The number of esters is 1. The lowest BCUT2D eigenvalue weighted by molar-refractivity contribution is 0.0469. The average molecular weight is 288 g/mol. The molecule has 0 radical (unpaired) electrons. The van der Waals surface area contributed by atoms with E-state index in [4.69, 9.17) is 15.7 Å². The number of hydrogen-bond acceptors (Lipinski definition) is 4. The third-order valence-electron chi connectivity index (χ3n) is 2.77. The summed E-state index contributed by atoms with van der Waals surface area (Å²) in [7, 11) is 0. The number of carbonyl (C=O) groups excluding carboxylic acids is 1. The number of anilines is 1. The summed E-state index contributed by atoms with van der Waals surface area (Å²) in [5, 5.41) is 8.74. The lowest BCUT2D eigenvalue weighted by atomic mass is 10.1. The Bertz CT molecular complexity index is 739. The van der Waals surface area contributed by atoms with Crippen molar-refractivity contribution in [2.45, 2.75) is 6.61 Å². The van der Waals surface area contributed by atoms with Gasteiger partial charge in [0.05, 0.1) is 22.9 Å². The molecule has 106 valence electrons. The van der Waals surface area contributed by atoms with Crippen molar-refractivity contribution in [2.24, 2.45) is 0 Å². The van der Waals surface area contributed by atoms with Gasteiger partial charge in [-0.05, 0) is 36.4 Å². The van der Waals surface area contributed by atoms with Crippen molar-refractivity contribution < 1.29 is 18.3 Å². The Kier molecular flexibility index (Phi) is 4.14. The van der Waals surface area contributed by atoms with Gasteiger partial charge < -0.3 is 10.5 Å². The molecule has 2 aromatic rings. The SMILES string of the molecule is N#Cc1ccc(F)c(COC(=O)c2ccc(F)c(N)c2)c1. The number of nitrogens with two attached hydrogens (primary N) is 1. The first kappa shape index (κ1) is 14.5. The van der Waals surface area contributed by atoms with E-state index in [2.05, 4.69) is 0 Å². The molecule has 0 saturated heterocycles. The Labute approximate surface area is 119 Å². The summed E-state index contributed by atoms with van der Waals surface area (Å²) < 4.78 is 31.4. The first-order valence-corrected chi connectivity index (χ1v) is 5.92. The maximum atomic E-state index is 13.5. The number of rotatable bonds is 3. The Morgan fingerprint density at radius 1 is 1.19 bits per heavy atom. The summed E-state index contributed by atoms with van der Waals surface area (Å²) in [6.07, 6.45) is 0. The van der Waals surface area contributed by atoms with Crippen LogP contribution < -0.4 is 5.73 Å². The maximum absolute atomic E-state index is 13.5. The third kappa shape index (κ3) is 3.34. The lowest BCUT2D eigenvalue weighted by Crippen LogP contribution is -2.07. The monoisotopic (exact) mass is 288 g/mol. The van der Waals surface area contributed by atoms with Crippen LogP contribution >= 0.6 is 0 Å². The van der Waals surface area contributed by atoms with Crippen LogP contribution in [0.2, 0.25) is 0 Å². The van der Waals surface area contributed by atoms with Gasteiger partial charge in [0.1, 0.15) is 18.2 Å². The number of ether oxygens (including phenoxy) is 1. The Balaban J connectivity index is 2.11. The highest BCUT2D eigenvalue weighted by Crippen LogP contribution is 2.15. The molecular weight excluding hydrogens is 278 g/mol. The molecule has 0 aliphatic heterocycles. The molecule has 0 heterocycles. The molecule has 0 amide bonds. The van der Waals surface area contributed by atoms with E-state index in [-0.39, 0.29) is 29.0 Å². The van der Waals surface area contributed by atoms with Gasteiger partial charge >= 0.3 is 5.97 Å². The van der Waals surface area contributed by atoms with E-state index < -0.39 is 17.6 Å². The van der Waals surface area contributed by atoms with Crippen molar-refractivity contribution in [3.05, 3.63) is 64.7 Å². The highest BCUT2D eigenvalue weighted by atomic mass is 19.1. The second kappa shape index (κ2) is 6.01. The zero-order valence-electron chi connectivity index (χ0n) is 10.8. The summed E-state index contributed by atoms with van der Waals surface area (Å²) in [5.74, 6) is -1.98. The van der Waals surface area contributed by atoms with Gasteiger partial charge in [-0.15, -0.1) is 0 Å². The average Bonchev–Trinajstić information content (AvgIpc) is 2.49. The predicted octanol–water partition coefficient (Wildman–Crippen LogP) is 2.78. The smallest absolute Gasteiger partial charge is 0.338 e. The fourth-order valence-corrected chi connectivity index (χ4v) is 1.65. The summed E-state index contributed by atoms with van der Waals surface area (Å²) in [6.45, 7) is -0.336. The van der Waals surface area contributed by atoms with Crippen molar-refractivity contribution in [1.29, 1.82) is 5.26 Å². The van der Waals surface area contributed by atoms with Gasteiger partial charge in [0, 0.05) is 5.56 Å². The van der Waals surface area contributed by atoms with Gasteiger partial charge in [-0.3, -0.25) is 0 Å². The zero-order chi connectivity index (χ0) is 15.4. The van der Waals surface area contributed by atoms with Crippen LogP contribution in [0.15, 0.2) is 36.4 Å². The quantitative estimate of drug-likeness (QED) is 0.696. The molecule has 2 N–H and O–H groups in total. The van der Waals surface area contributed by atoms with E-state index in [0.29, 0.717) is 0 Å². The number of nitrogen functional groups attached to an aromatic ring is 1. The molecule has 4 nitrogen and oxygen atoms in total. The zero-order valence-corrected chi connectivity index (χ0v) is 10.8. The number of benzene rings is 2. The van der Waals surface area contributed by atoms with Crippen LogP contribution in [0, 0.1) is 23.0 Å². The van der Waals surface area contributed by atoms with Crippen molar-refractivity contribution in [2.75, 3.05) is 5.73 Å². The van der Waals surface area contributed by atoms with Crippen LogP contribution in [0.25, 0.3) is 0 Å². The molecule has 21 heavy (non-hydrogen) atoms. The van der Waals surface area contributed by atoms with Gasteiger partial charge in [0.25, 0.3) is 0 Å². The topological polar surface area (TPSA) is 76.1 Å². The van der Waals surface area contributed by atoms with Gasteiger partial charge in [0.2, 0.25) is 0 Å². The summed E-state index contributed by atoms with van der Waals surface area (Å²) >= 11 is 0. The highest BCUT2D eigenvalue weighted by Gasteiger charge is 2.11. The van der Waals surface area contributed by atoms with Crippen molar-refractivity contribution >= 4 is 11.7 Å². The molecule has 0 aliphatic rings. The molecule has 0 bridgehead atoms. The molecule has 0 spiro atoms. The van der Waals surface area contributed by atoms with E-state index >= 15 is 0 Å². The van der Waals surface area contributed by atoms with E-state index in [9.17, 15) is 13.6 Å². The van der Waals surface area contributed by atoms with Crippen LogP contribution in [-0.2, 0) is 11.3 Å². The molecule has 2 rings (SSSR count). The predicted molar refractivity (Wildman–Crippen MR) is 71.0 cm³/mol. The molecule has 0 aromatic heterocycles. The lowest BCUT2D eigenvalue weighted by Gasteiger charge is -2.07. The van der Waals surface area contributed by atoms with Gasteiger partial charge in [-0.1, -0.05) is 0 Å². The van der Waals surface area contributed by atoms with Crippen LogP contribution in [0.1, 0.15) is 21.5 Å². The van der Waals surface area contributed by atoms with E-state index in [1.165, 1.54) is 18.2 Å². The first-order chi connectivity index (χ1) is 10.0. The minimum atomic E-state index is -0.761. The molecule has 0 saturated carbocycles. The molecule has 0 atom stereocenters. The van der Waals surface area contributed by atoms with Crippen LogP contribution in [0.4, 0.5) is 14.5 Å². The standard InChI is InChI=1S/C15H10F2N2O2/c16-12-3-1-9(7-18)5-11(12)8-21-15(20)10-2-4-13(17)14(19)6-10/h1-6H,8,19H2. The van der Waals surface area contributed by atoms with E-state index in [0.717, 1.165) is 18.2 Å². The molecule has 0 unspecified atom stereocenters. The van der Waals surface area contributed by atoms with Crippen molar-refractivity contribution in [3.63, 3.8) is 0 Å². The largest absolute Gasteiger partial charge is 0.457 e.